The molecule has 0 fully saturated rings. The lowest BCUT2D eigenvalue weighted by molar-refractivity contribution is -0.111. The molecule has 0 aliphatic carbocycles. The topological polar surface area (TPSA) is 64.2 Å². The molecule has 0 spiro atoms. The highest BCUT2D eigenvalue weighted by atomic mass is 16.4. The van der Waals surface area contributed by atoms with Crippen LogP contribution in [0.2, 0.25) is 0 Å². The van der Waals surface area contributed by atoms with Gasteiger partial charge in [-0.3, -0.25) is 9.36 Å². The number of benzene rings is 2. The molecular formula is C18H16N2O3. The van der Waals surface area contributed by atoms with Gasteiger partial charge in [-0.05, 0) is 36.3 Å². The van der Waals surface area contributed by atoms with Crippen molar-refractivity contribution < 1.29 is 9.21 Å². The van der Waals surface area contributed by atoms with Crippen molar-refractivity contribution in [2.75, 3.05) is 5.32 Å². The SMILES string of the molecule is C/C(=C\C(=O)Nc1ccc2oc(=O)n(C)c2c1)c1ccccc1. The summed E-state index contributed by atoms with van der Waals surface area (Å²) in [4.78, 5) is 23.6. The first kappa shape index (κ1) is 14.8. The summed E-state index contributed by atoms with van der Waals surface area (Å²) in [5, 5.41) is 2.80. The molecule has 1 amide bonds. The van der Waals surface area contributed by atoms with Gasteiger partial charge in [0.05, 0.1) is 5.52 Å². The maximum absolute atomic E-state index is 12.1. The van der Waals surface area contributed by atoms with E-state index in [1.807, 2.05) is 37.3 Å². The summed E-state index contributed by atoms with van der Waals surface area (Å²) in [7, 11) is 1.62. The molecule has 1 N–H and O–H groups in total. The van der Waals surface area contributed by atoms with E-state index in [2.05, 4.69) is 5.32 Å². The second-order valence-electron chi connectivity index (χ2n) is 5.29. The minimum atomic E-state index is -0.428. The lowest BCUT2D eigenvalue weighted by Gasteiger charge is -2.04. The van der Waals surface area contributed by atoms with Crippen LogP contribution in [0.25, 0.3) is 16.7 Å². The van der Waals surface area contributed by atoms with Crippen molar-refractivity contribution in [2.45, 2.75) is 6.92 Å². The monoisotopic (exact) mass is 308 g/mol. The Labute approximate surface area is 132 Å². The normalized spacial score (nSPS) is 11.7. The molecule has 2 aromatic carbocycles. The Morgan fingerprint density at radius 3 is 2.65 bits per heavy atom. The molecule has 23 heavy (non-hydrogen) atoms. The number of carbonyl (C=O) groups is 1. The van der Waals surface area contributed by atoms with Gasteiger partial charge in [0.1, 0.15) is 0 Å². The average Bonchev–Trinajstić information content (AvgIpc) is 2.83. The summed E-state index contributed by atoms with van der Waals surface area (Å²) in [6.07, 6.45) is 1.55. The zero-order chi connectivity index (χ0) is 16.4. The summed E-state index contributed by atoms with van der Waals surface area (Å²) in [5.41, 5.74) is 3.61. The third-order valence-corrected chi connectivity index (χ3v) is 3.64. The van der Waals surface area contributed by atoms with E-state index in [9.17, 15) is 9.59 Å². The molecule has 0 bridgehead atoms. The molecule has 0 aliphatic rings. The summed E-state index contributed by atoms with van der Waals surface area (Å²) in [6.45, 7) is 1.89. The van der Waals surface area contributed by atoms with Crippen molar-refractivity contribution in [1.82, 2.24) is 4.57 Å². The molecule has 5 nitrogen and oxygen atoms in total. The zero-order valence-corrected chi connectivity index (χ0v) is 12.9. The first-order valence-electron chi connectivity index (χ1n) is 7.19. The van der Waals surface area contributed by atoms with Crippen molar-refractivity contribution in [3.63, 3.8) is 0 Å². The Kier molecular flexibility index (Phi) is 3.85. The second kappa shape index (κ2) is 5.96. The van der Waals surface area contributed by atoms with Crippen molar-refractivity contribution in [1.29, 1.82) is 0 Å². The first-order chi connectivity index (χ1) is 11.0. The van der Waals surface area contributed by atoms with E-state index < -0.39 is 5.76 Å². The van der Waals surface area contributed by atoms with Crippen LogP contribution in [0.5, 0.6) is 0 Å². The number of carbonyl (C=O) groups excluding carboxylic acids is 1. The van der Waals surface area contributed by atoms with Crippen molar-refractivity contribution >= 4 is 28.3 Å². The number of fused-ring (bicyclic) bond motifs is 1. The average molecular weight is 308 g/mol. The molecule has 0 saturated heterocycles. The third kappa shape index (κ3) is 3.08. The molecule has 0 aliphatic heterocycles. The van der Waals surface area contributed by atoms with Crippen LogP contribution in [-0.4, -0.2) is 10.5 Å². The zero-order valence-electron chi connectivity index (χ0n) is 12.9. The van der Waals surface area contributed by atoms with Gasteiger partial charge in [0.25, 0.3) is 0 Å². The summed E-state index contributed by atoms with van der Waals surface area (Å²) in [6, 6.07) is 14.8. The smallest absolute Gasteiger partial charge is 0.408 e. The van der Waals surface area contributed by atoms with Gasteiger partial charge < -0.3 is 9.73 Å². The first-order valence-corrected chi connectivity index (χ1v) is 7.19. The molecule has 0 unspecified atom stereocenters. The van der Waals surface area contributed by atoms with Gasteiger partial charge in [0.2, 0.25) is 5.91 Å². The predicted octanol–water partition coefficient (Wildman–Crippen LogP) is 3.17. The summed E-state index contributed by atoms with van der Waals surface area (Å²) < 4.78 is 6.46. The van der Waals surface area contributed by atoms with E-state index in [0.29, 0.717) is 16.8 Å². The van der Waals surface area contributed by atoms with Gasteiger partial charge in [-0.15, -0.1) is 0 Å². The number of amides is 1. The largest absolute Gasteiger partial charge is 0.419 e. The fourth-order valence-electron chi connectivity index (χ4n) is 2.36. The van der Waals surface area contributed by atoms with E-state index in [1.165, 1.54) is 4.57 Å². The second-order valence-corrected chi connectivity index (χ2v) is 5.29. The van der Waals surface area contributed by atoms with Crippen LogP contribution in [0.15, 0.2) is 63.8 Å². The Hall–Kier alpha value is -3.08. The number of aryl methyl sites for hydroxylation is 1. The number of nitrogens with one attached hydrogen (secondary N) is 1. The molecule has 1 heterocycles. The fraction of sp³-hybridized carbons (Fsp3) is 0.111. The van der Waals surface area contributed by atoms with Crippen molar-refractivity contribution in [3.05, 3.63) is 70.7 Å². The molecule has 1 aromatic heterocycles. The van der Waals surface area contributed by atoms with Crippen molar-refractivity contribution in [3.8, 4) is 0 Å². The predicted molar refractivity (Wildman–Crippen MR) is 90.2 cm³/mol. The van der Waals surface area contributed by atoms with Gasteiger partial charge in [-0.2, -0.15) is 0 Å². The van der Waals surface area contributed by atoms with E-state index in [0.717, 1.165) is 11.1 Å². The summed E-state index contributed by atoms with van der Waals surface area (Å²) in [5.74, 6) is -0.650. The number of hydrogen-bond acceptors (Lipinski definition) is 3. The molecule has 0 radical (unpaired) electrons. The minimum Gasteiger partial charge on any atom is -0.408 e. The molecule has 5 heteroatoms. The van der Waals surface area contributed by atoms with Crippen LogP contribution in [-0.2, 0) is 11.8 Å². The number of anilines is 1. The van der Waals surface area contributed by atoms with Crippen LogP contribution in [0.1, 0.15) is 12.5 Å². The third-order valence-electron chi connectivity index (χ3n) is 3.64. The highest BCUT2D eigenvalue weighted by molar-refractivity contribution is 6.04. The maximum Gasteiger partial charge on any atom is 0.419 e. The van der Waals surface area contributed by atoms with E-state index in [1.54, 1.807) is 31.3 Å². The van der Waals surface area contributed by atoms with Gasteiger partial charge >= 0.3 is 5.76 Å². The number of aromatic nitrogens is 1. The Bertz CT molecular complexity index is 949. The number of rotatable bonds is 3. The highest BCUT2D eigenvalue weighted by Gasteiger charge is 2.08. The van der Waals surface area contributed by atoms with Crippen LogP contribution in [0.3, 0.4) is 0 Å². The van der Waals surface area contributed by atoms with E-state index in [-0.39, 0.29) is 5.91 Å². The van der Waals surface area contributed by atoms with Crippen LogP contribution in [0, 0.1) is 0 Å². The van der Waals surface area contributed by atoms with E-state index in [4.69, 9.17) is 4.42 Å². The van der Waals surface area contributed by atoms with E-state index >= 15 is 0 Å². The van der Waals surface area contributed by atoms with Crippen LogP contribution in [0.4, 0.5) is 5.69 Å². The fourth-order valence-corrected chi connectivity index (χ4v) is 2.36. The molecule has 0 atom stereocenters. The number of oxazole rings is 1. The minimum absolute atomic E-state index is 0.223. The Morgan fingerprint density at radius 2 is 1.91 bits per heavy atom. The quantitative estimate of drug-likeness (QED) is 0.756. The number of allylic oxidation sites excluding steroid dienone is 1. The highest BCUT2D eigenvalue weighted by Crippen LogP contribution is 2.18. The molecule has 3 aromatic rings. The summed E-state index contributed by atoms with van der Waals surface area (Å²) >= 11 is 0. The van der Waals surface area contributed by atoms with Crippen molar-refractivity contribution in [2.24, 2.45) is 7.05 Å². The van der Waals surface area contributed by atoms with Crippen LogP contribution < -0.4 is 11.1 Å². The molecule has 116 valence electrons. The number of hydrogen-bond donors (Lipinski definition) is 1. The molecule has 3 rings (SSSR count). The van der Waals surface area contributed by atoms with Gasteiger partial charge in [-0.1, -0.05) is 30.3 Å². The Balaban J connectivity index is 1.83. The van der Waals surface area contributed by atoms with Gasteiger partial charge in [0.15, 0.2) is 5.58 Å². The standard InChI is InChI=1S/C18H16N2O3/c1-12(13-6-4-3-5-7-13)10-17(21)19-14-8-9-16-15(11-14)20(2)18(22)23-16/h3-11H,1-2H3,(H,19,21)/b12-10+. The molecule has 0 saturated carbocycles. The van der Waals surface area contributed by atoms with Gasteiger partial charge in [-0.25, -0.2) is 4.79 Å². The van der Waals surface area contributed by atoms with Crippen LogP contribution >= 0.6 is 0 Å². The van der Waals surface area contributed by atoms with Gasteiger partial charge in [0, 0.05) is 18.8 Å². The molecular weight excluding hydrogens is 292 g/mol. The maximum atomic E-state index is 12.1. The number of nitrogens with zero attached hydrogens (tertiary/aromatic N) is 1. The lowest BCUT2D eigenvalue weighted by atomic mass is 10.1. The Morgan fingerprint density at radius 1 is 1.17 bits per heavy atom. The lowest BCUT2D eigenvalue weighted by Crippen LogP contribution is -2.10.